The Bertz CT molecular complexity index is 1120. The Hall–Kier alpha value is -3.26. The second-order valence-electron chi connectivity index (χ2n) is 7.29. The number of halogens is 3. The van der Waals surface area contributed by atoms with Gasteiger partial charge in [-0.15, -0.1) is 11.8 Å². The highest BCUT2D eigenvalue weighted by molar-refractivity contribution is 8.00. The van der Waals surface area contributed by atoms with Crippen molar-refractivity contribution in [3.63, 3.8) is 0 Å². The van der Waals surface area contributed by atoms with Gasteiger partial charge in [-0.1, -0.05) is 54.6 Å². The number of carbonyl (C=O) groups excluding carboxylic acids is 2. The van der Waals surface area contributed by atoms with Crippen LogP contribution >= 0.6 is 11.8 Å². The number of thioether (sulfide) groups is 1. The minimum Gasteiger partial charge on any atom is -0.322 e. The first-order chi connectivity index (χ1) is 15.3. The average Bonchev–Trinajstić information content (AvgIpc) is 3.14. The monoisotopic (exact) mass is 456 g/mol. The van der Waals surface area contributed by atoms with E-state index in [2.05, 4.69) is 5.32 Å². The highest BCUT2D eigenvalue weighted by Gasteiger charge is 2.34. The number of rotatable bonds is 5. The molecule has 0 aliphatic carbocycles. The summed E-state index contributed by atoms with van der Waals surface area (Å²) in [5.41, 5.74) is 0.911. The predicted molar refractivity (Wildman–Crippen MR) is 118 cm³/mol. The third-order valence-electron chi connectivity index (χ3n) is 5.10. The molecule has 4 rings (SSSR count). The molecule has 1 N–H and O–H groups in total. The van der Waals surface area contributed by atoms with Crippen molar-refractivity contribution in [3.05, 3.63) is 101 Å². The summed E-state index contributed by atoms with van der Waals surface area (Å²) in [6.45, 7) is 0.480. The summed E-state index contributed by atoms with van der Waals surface area (Å²) in [4.78, 5) is 26.7. The van der Waals surface area contributed by atoms with Crippen molar-refractivity contribution in [2.75, 3.05) is 11.1 Å². The largest absolute Gasteiger partial charge is 0.418 e. The lowest BCUT2D eigenvalue weighted by Crippen LogP contribution is -2.27. The van der Waals surface area contributed by atoms with Crippen LogP contribution in [0.4, 0.5) is 18.9 Å². The molecule has 32 heavy (non-hydrogen) atoms. The Kier molecular flexibility index (Phi) is 6.23. The first-order valence-corrected chi connectivity index (χ1v) is 10.9. The van der Waals surface area contributed by atoms with Gasteiger partial charge < -0.3 is 10.2 Å². The number of hydrogen-bond acceptors (Lipinski definition) is 3. The van der Waals surface area contributed by atoms with E-state index in [0.29, 0.717) is 12.3 Å². The maximum atomic E-state index is 13.2. The Morgan fingerprint density at radius 1 is 0.969 bits per heavy atom. The van der Waals surface area contributed by atoms with Gasteiger partial charge in [0.05, 0.1) is 17.0 Å². The van der Waals surface area contributed by atoms with Crippen LogP contribution in [0.2, 0.25) is 0 Å². The quantitative estimate of drug-likeness (QED) is 0.533. The zero-order valence-corrected chi connectivity index (χ0v) is 17.6. The van der Waals surface area contributed by atoms with E-state index in [9.17, 15) is 22.8 Å². The first-order valence-electron chi connectivity index (χ1n) is 9.85. The van der Waals surface area contributed by atoms with Crippen molar-refractivity contribution < 1.29 is 22.8 Å². The number of carbonyl (C=O) groups is 2. The molecule has 0 bridgehead atoms. The van der Waals surface area contributed by atoms with Gasteiger partial charge in [0.25, 0.3) is 5.91 Å². The van der Waals surface area contributed by atoms with Gasteiger partial charge in [0.15, 0.2) is 0 Å². The molecule has 0 radical (unpaired) electrons. The molecule has 8 heteroatoms. The van der Waals surface area contributed by atoms with Gasteiger partial charge in [-0.25, -0.2) is 0 Å². The Morgan fingerprint density at radius 2 is 1.62 bits per heavy atom. The average molecular weight is 456 g/mol. The zero-order chi connectivity index (χ0) is 22.7. The van der Waals surface area contributed by atoms with Crippen LogP contribution in [0.25, 0.3) is 0 Å². The lowest BCUT2D eigenvalue weighted by Gasteiger charge is -2.24. The molecule has 164 valence electrons. The van der Waals surface area contributed by atoms with Crippen LogP contribution in [0, 0.1) is 0 Å². The fourth-order valence-corrected chi connectivity index (χ4v) is 4.70. The molecule has 1 heterocycles. The summed E-state index contributed by atoms with van der Waals surface area (Å²) in [6.07, 6.45) is -4.57. The van der Waals surface area contributed by atoms with E-state index in [1.807, 2.05) is 30.3 Å². The number of alkyl halides is 3. The third-order valence-corrected chi connectivity index (χ3v) is 6.36. The van der Waals surface area contributed by atoms with Gasteiger partial charge in [0.1, 0.15) is 5.37 Å². The molecule has 1 atom stereocenters. The summed E-state index contributed by atoms with van der Waals surface area (Å²) < 4.78 is 39.5. The van der Waals surface area contributed by atoms with Gasteiger partial charge in [-0.3, -0.25) is 9.59 Å². The SMILES string of the molecule is O=C(Nc1ccccc1C(F)(F)F)c1ccc([C@H]2SCC(=O)N2Cc2ccccc2)cc1. The van der Waals surface area contributed by atoms with Crippen LogP contribution in [0.1, 0.15) is 32.4 Å². The van der Waals surface area contributed by atoms with Gasteiger partial charge in [0.2, 0.25) is 5.91 Å². The highest BCUT2D eigenvalue weighted by Crippen LogP contribution is 2.40. The smallest absolute Gasteiger partial charge is 0.322 e. The predicted octanol–water partition coefficient (Wildman–Crippen LogP) is 5.73. The lowest BCUT2D eigenvalue weighted by atomic mass is 10.1. The molecule has 0 spiro atoms. The van der Waals surface area contributed by atoms with E-state index in [4.69, 9.17) is 0 Å². The minimum atomic E-state index is -4.57. The number of amides is 2. The zero-order valence-electron chi connectivity index (χ0n) is 16.8. The van der Waals surface area contributed by atoms with Crippen LogP contribution in [0.3, 0.4) is 0 Å². The Morgan fingerprint density at radius 3 is 2.31 bits per heavy atom. The van der Waals surface area contributed by atoms with Gasteiger partial charge >= 0.3 is 6.18 Å². The molecular weight excluding hydrogens is 437 g/mol. The number of para-hydroxylation sites is 1. The van der Waals surface area contributed by atoms with E-state index < -0.39 is 17.6 Å². The van der Waals surface area contributed by atoms with Crippen LogP contribution < -0.4 is 5.32 Å². The van der Waals surface area contributed by atoms with E-state index in [1.54, 1.807) is 29.2 Å². The Labute approximate surface area is 187 Å². The molecule has 1 fully saturated rings. The van der Waals surface area contributed by atoms with E-state index in [1.165, 1.54) is 30.0 Å². The van der Waals surface area contributed by atoms with Crippen LogP contribution in [0.5, 0.6) is 0 Å². The van der Waals surface area contributed by atoms with Gasteiger partial charge in [-0.05, 0) is 35.4 Å². The fraction of sp³-hybridized carbons (Fsp3) is 0.167. The third kappa shape index (κ3) is 4.80. The van der Waals surface area contributed by atoms with Crippen LogP contribution in [-0.2, 0) is 17.5 Å². The molecule has 1 aliphatic rings. The summed E-state index contributed by atoms with van der Waals surface area (Å²) in [6, 6.07) is 21.1. The number of nitrogens with one attached hydrogen (secondary N) is 1. The summed E-state index contributed by atoms with van der Waals surface area (Å²) in [7, 11) is 0. The second kappa shape index (κ2) is 9.08. The van der Waals surface area contributed by atoms with E-state index in [0.717, 1.165) is 17.2 Å². The maximum absolute atomic E-state index is 13.2. The van der Waals surface area contributed by atoms with E-state index >= 15 is 0 Å². The second-order valence-corrected chi connectivity index (χ2v) is 8.36. The van der Waals surface area contributed by atoms with Crippen LogP contribution in [0.15, 0.2) is 78.9 Å². The normalized spacial score (nSPS) is 16.3. The molecular formula is C24H19F3N2O2S. The van der Waals surface area contributed by atoms with Crippen molar-refractivity contribution in [3.8, 4) is 0 Å². The first kappa shape index (κ1) is 22.0. The van der Waals surface area contributed by atoms with Crippen LogP contribution in [-0.4, -0.2) is 22.5 Å². The molecule has 4 nitrogen and oxygen atoms in total. The number of nitrogens with zero attached hydrogens (tertiary/aromatic N) is 1. The maximum Gasteiger partial charge on any atom is 0.418 e. The highest BCUT2D eigenvalue weighted by atomic mass is 32.2. The molecule has 3 aromatic carbocycles. The number of benzene rings is 3. The molecule has 0 saturated carbocycles. The lowest BCUT2D eigenvalue weighted by molar-refractivity contribution is -0.137. The summed E-state index contributed by atoms with van der Waals surface area (Å²) in [5.74, 6) is -0.229. The standard InChI is InChI=1S/C24H19F3N2O2S/c25-24(26,27)19-8-4-5-9-20(19)28-22(31)17-10-12-18(13-11-17)23-29(21(30)15-32-23)14-16-6-2-1-3-7-16/h1-13,23H,14-15H2,(H,28,31)/t23-/m1/s1. The van der Waals surface area contributed by atoms with Crippen molar-refractivity contribution in [2.45, 2.75) is 18.1 Å². The van der Waals surface area contributed by atoms with Crippen molar-refractivity contribution in [2.24, 2.45) is 0 Å². The van der Waals surface area contributed by atoms with Gasteiger partial charge in [-0.2, -0.15) is 13.2 Å². The molecule has 0 aromatic heterocycles. The Balaban J connectivity index is 1.49. The fourth-order valence-electron chi connectivity index (χ4n) is 3.51. The number of anilines is 1. The molecule has 3 aromatic rings. The molecule has 1 saturated heterocycles. The van der Waals surface area contributed by atoms with E-state index in [-0.39, 0.29) is 22.5 Å². The van der Waals surface area contributed by atoms with Crippen molar-refractivity contribution in [1.82, 2.24) is 4.90 Å². The van der Waals surface area contributed by atoms with Crippen molar-refractivity contribution in [1.29, 1.82) is 0 Å². The van der Waals surface area contributed by atoms with Crippen molar-refractivity contribution >= 4 is 29.3 Å². The van der Waals surface area contributed by atoms with Gasteiger partial charge in [0, 0.05) is 12.1 Å². The topological polar surface area (TPSA) is 49.4 Å². The minimum absolute atomic E-state index is 0.0365. The molecule has 0 unspecified atom stereocenters. The number of hydrogen-bond donors (Lipinski definition) is 1. The molecule has 2 amide bonds. The molecule has 1 aliphatic heterocycles. The summed E-state index contributed by atoms with van der Waals surface area (Å²) in [5, 5.41) is 2.15. The summed E-state index contributed by atoms with van der Waals surface area (Å²) >= 11 is 1.50.